The quantitative estimate of drug-likeness (QED) is 0.747. The Balaban J connectivity index is 0.000000396. The van der Waals surface area contributed by atoms with Gasteiger partial charge in [0.25, 0.3) is 5.91 Å². The van der Waals surface area contributed by atoms with Crippen LogP contribution in [-0.2, 0) is 16.0 Å². The van der Waals surface area contributed by atoms with Gasteiger partial charge >= 0.3 is 12.1 Å². The number of methoxy groups -OCH3 is 1. The molecule has 1 saturated heterocycles. The van der Waals surface area contributed by atoms with E-state index >= 15 is 0 Å². The van der Waals surface area contributed by atoms with E-state index < -0.39 is 12.1 Å². The maximum absolute atomic E-state index is 12.8. The van der Waals surface area contributed by atoms with E-state index in [0.29, 0.717) is 11.6 Å². The van der Waals surface area contributed by atoms with Crippen molar-refractivity contribution in [1.82, 2.24) is 14.8 Å². The van der Waals surface area contributed by atoms with E-state index in [2.05, 4.69) is 16.8 Å². The first-order valence-electron chi connectivity index (χ1n) is 9.65. The number of halogens is 3. The molecule has 0 aliphatic carbocycles. The van der Waals surface area contributed by atoms with Gasteiger partial charge in [-0.05, 0) is 32.9 Å². The molecule has 0 aromatic carbocycles. The number of ether oxygens (including phenoxy) is 1. The van der Waals surface area contributed by atoms with Gasteiger partial charge in [-0.2, -0.15) is 13.2 Å². The average molecular weight is 452 g/mol. The second-order valence-corrected chi connectivity index (χ2v) is 8.18. The summed E-state index contributed by atoms with van der Waals surface area (Å²) in [6.45, 7) is 6.17. The molecule has 0 unspecified atom stereocenters. The molecular weight excluding hydrogens is 425 g/mol. The zero-order chi connectivity index (χ0) is 22.3. The van der Waals surface area contributed by atoms with E-state index in [-0.39, 0.29) is 5.91 Å². The molecule has 0 atom stereocenters. The average Bonchev–Trinajstić information content (AvgIpc) is 3.01. The van der Waals surface area contributed by atoms with Gasteiger partial charge in [0.2, 0.25) is 0 Å². The number of aryl methyl sites for hydroxylation is 1. The van der Waals surface area contributed by atoms with Crippen LogP contribution in [0.2, 0.25) is 0 Å². The number of carbonyl (C=O) groups excluding carboxylic acids is 1. The van der Waals surface area contributed by atoms with Crippen molar-refractivity contribution in [2.45, 2.75) is 25.4 Å². The number of carboxylic acids is 1. The van der Waals surface area contributed by atoms with E-state index in [0.717, 1.165) is 64.3 Å². The molecule has 1 aromatic rings. The van der Waals surface area contributed by atoms with Crippen molar-refractivity contribution in [3.05, 3.63) is 9.88 Å². The topological polar surface area (TPSA) is 86.2 Å². The van der Waals surface area contributed by atoms with Crippen molar-refractivity contribution in [3.8, 4) is 0 Å². The number of hydrogen-bond donors (Lipinski definition) is 1. The van der Waals surface area contributed by atoms with E-state index in [9.17, 15) is 18.0 Å². The Kier molecular flexibility index (Phi) is 8.86. The van der Waals surface area contributed by atoms with Crippen molar-refractivity contribution in [3.63, 3.8) is 0 Å². The number of likely N-dealkylation sites (N-methyl/N-ethyl adjacent to an activating group) is 1. The number of thiazole rings is 1. The molecule has 2 aliphatic rings. The maximum atomic E-state index is 12.8. The van der Waals surface area contributed by atoms with Crippen LogP contribution in [0.1, 0.15) is 27.5 Å². The Morgan fingerprint density at radius 2 is 1.87 bits per heavy atom. The molecule has 3 heterocycles. The van der Waals surface area contributed by atoms with Crippen molar-refractivity contribution in [2.24, 2.45) is 0 Å². The number of amides is 1. The van der Waals surface area contributed by atoms with Crippen LogP contribution in [0, 0.1) is 0 Å². The SMILES string of the molecule is COCCN1CCCc2sc(C(=O)N3CCCN(C)CC3)nc21.O=C(O)C(F)(F)F. The van der Waals surface area contributed by atoms with Crippen molar-refractivity contribution >= 4 is 29.0 Å². The standard InChI is InChI=1S/C16H26N4O2S.C2HF3O2/c1-18-6-4-8-20(10-9-18)16(21)15-17-14-13(23-15)5-3-7-19(14)11-12-22-2;3-2(4,5)1(6)7/h3-12H2,1-2H3;(H,6,7). The van der Waals surface area contributed by atoms with Gasteiger partial charge in [0, 0.05) is 44.7 Å². The summed E-state index contributed by atoms with van der Waals surface area (Å²) >= 11 is 1.58. The minimum Gasteiger partial charge on any atom is -0.475 e. The fourth-order valence-corrected chi connectivity index (χ4v) is 4.28. The molecule has 170 valence electrons. The largest absolute Gasteiger partial charge is 0.490 e. The predicted molar refractivity (Wildman–Crippen MR) is 106 cm³/mol. The molecule has 30 heavy (non-hydrogen) atoms. The van der Waals surface area contributed by atoms with Crippen LogP contribution in [-0.4, -0.2) is 98.0 Å². The molecule has 1 N–H and O–H groups in total. The van der Waals surface area contributed by atoms with Crippen molar-refractivity contribution < 1.29 is 32.6 Å². The Morgan fingerprint density at radius 1 is 1.17 bits per heavy atom. The Morgan fingerprint density at radius 3 is 2.50 bits per heavy atom. The van der Waals surface area contributed by atoms with Gasteiger partial charge in [0.15, 0.2) is 5.01 Å². The fraction of sp³-hybridized carbons (Fsp3) is 0.722. The van der Waals surface area contributed by atoms with Crippen LogP contribution in [0.4, 0.5) is 19.0 Å². The number of carboxylic acid groups (broad SMARTS) is 1. The fourth-order valence-electron chi connectivity index (χ4n) is 3.19. The summed E-state index contributed by atoms with van der Waals surface area (Å²) in [6.07, 6.45) is -1.89. The maximum Gasteiger partial charge on any atom is 0.490 e. The number of rotatable bonds is 4. The number of carbonyl (C=O) groups is 2. The zero-order valence-corrected chi connectivity index (χ0v) is 17.9. The number of anilines is 1. The van der Waals surface area contributed by atoms with Crippen LogP contribution in [0.5, 0.6) is 0 Å². The summed E-state index contributed by atoms with van der Waals surface area (Å²) in [5.41, 5.74) is 0. The van der Waals surface area contributed by atoms with Gasteiger partial charge in [0.05, 0.1) is 6.61 Å². The van der Waals surface area contributed by atoms with Crippen LogP contribution in [0.25, 0.3) is 0 Å². The van der Waals surface area contributed by atoms with E-state index in [1.165, 1.54) is 4.88 Å². The summed E-state index contributed by atoms with van der Waals surface area (Å²) in [7, 11) is 3.83. The summed E-state index contributed by atoms with van der Waals surface area (Å²) < 4.78 is 36.9. The van der Waals surface area contributed by atoms with Gasteiger partial charge in [-0.1, -0.05) is 0 Å². The van der Waals surface area contributed by atoms with Crippen molar-refractivity contribution in [2.75, 3.05) is 64.9 Å². The number of alkyl halides is 3. The smallest absolute Gasteiger partial charge is 0.475 e. The third-order valence-corrected chi connectivity index (χ3v) is 5.90. The molecule has 1 fully saturated rings. The third-order valence-electron chi connectivity index (χ3n) is 4.81. The highest BCUT2D eigenvalue weighted by Crippen LogP contribution is 2.32. The lowest BCUT2D eigenvalue weighted by atomic mass is 10.2. The molecule has 8 nitrogen and oxygen atoms in total. The first-order valence-corrected chi connectivity index (χ1v) is 10.5. The molecule has 2 aliphatic heterocycles. The van der Waals surface area contributed by atoms with Gasteiger partial charge < -0.3 is 24.5 Å². The first-order chi connectivity index (χ1) is 14.1. The highest BCUT2D eigenvalue weighted by atomic mass is 32.1. The molecule has 1 amide bonds. The molecule has 0 bridgehead atoms. The minimum absolute atomic E-state index is 0.103. The number of nitrogens with zero attached hydrogens (tertiary/aromatic N) is 4. The van der Waals surface area contributed by atoms with Gasteiger partial charge in [-0.25, -0.2) is 9.78 Å². The van der Waals surface area contributed by atoms with Crippen LogP contribution in [0.15, 0.2) is 0 Å². The Hall–Kier alpha value is -1.92. The lowest BCUT2D eigenvalue weighted by molar-refractivity contribution is -0.192. The van der Waals surface area contributed by atoms with Gasteiger partial charge in [-0.3, -0.25) is 4.79 Å². The molecule has 12 heteroatoms. The molecular formula is C18H27F3N4O4S. The monoisotopic (exact) mass is 452 g/mol. The summed E-state index contributed by atoms with van der Waals surface area (Å²) in [5, 5.41) is 7.78. The van der Waals surface area contributed by atoms with Crippen molar-refractivity contribution in [1.29, 1.82) is 0 Å². The van der Waals surface area contributed by atoms with E-state index in [1.54, 1.807) is 18.4 Å². The second kappa shape index (κ2) is 10.9. The molecule has 0 saturated carbocycles. The highest BCUT2D eigenvalue weighted by molar-refractivity contribution is 7.14. The second-order valence-electron chi connectivity index (χ2n) is 7.10. The Labute approximate surface area is 177 Å². The molecule has 0 spiro atoms. The number of hydrogen-bond acceptors (Lipinski definition) is 7. The zero-order valence-electron chi connectivity index (χ0n) is 17.1. The minimum atomic E-state index is -5.08. The van der Waals surface area contributed by atoms with Crippen LogP contribution < -0.4 is 4.90 Å². The first kappa shape index (κ1) is 24.4. The van der Waals surface area contributed by atoms with Crippen LogP contribution >= 0.6 is 11.3 Å². The van der Waals surface area contributed by atoms with Gasteiger partial charge in [-0.15, -0.1) is 11.3 Å². The molecule has 3 rings (SSSR count). The number of fused-ring (bicyclic) bond motifs is 1. The Bertz CT molecular complexity index is 729. The highest BCUT2D eigenvalue weighted by Gasteiger charge is 2.38. The van der Waals surface area contributed by atoms with E-state index in [1.807, 2.05) is 4.90 Å². The summed E-state index contributed by atoms with van der Waals surface area (Å²) in [6, 6.07) is 0. The van der Waals surface area contributed by atoms with Gasteiger partial charge in [0.1, 0.15) is 5.82 Å². The molecule has 0 radical (unpaired) electrons. The molecule has 1 aromatic heterocycles. The number of aliphatic carboxylic acids is 1. The lowest BCUT2D eigenvalue weighted by Gasteiger charge is -2.27. The lowest BCUT2D eigenvalue weighted by Crippen LogP contribution is -2.34. The number of aromatic nitrogens is 1. The van der Waals surface area contributed by atoms with Crippen LogP contribution in [0.3, 0.4) is 0 Å². The normalized spacial score (nSPS) is 17.6. The van der Waals surface area contributed by atoms with E-state index in [4.69, 9.17) is 19.6 Å². The predicted octanol–water partition coefficient (Wildman–Crippen LogP) is 1.95. The summed E-state index contributed by atoms with van der Waals surface area (Å²) in [5.74, 6) is -1.65. The summed E-state index contributed by atoms with van der Waals surface area (Å²) in [4.78, 5) is 34.2. The third kappa shape index (κ3) is 6.81.